The second-order valence-corrected chi connectivity index (χ2v) is 4.76. The van der Waals surface area contributed by atoms with Gasteiger partial charge in [-0.05, 0) is 32.1 Å². The van der Waals surface area contributed by atoms with Gasteiger partial charge in [-0.25, -0.2) is 0 Å². The lowest BCUT2D eigenvalue weighted by atomic mass is 9.93. The lowest BCUT2D eigenvalue weighted by Gasteiger charge is -2.28. The maximum absolute atomic E-state index is 11.4. The number of nitrogens with one attached hydrogen (secondary N) is 2. The van der Waals surface area contributed by atoms with E-state index in [1.54, 1.807) is 7.11 Å². The van der Waals surface area contributed by atoms with Crippen LogP contribution in [0.3, 0.4) is 0 Å². The smallest absolute Gasteiger partial charge is 0.221 e. The fraction of sp³-hybridized carbons (Fsp3) is 0.923. The molecule has 17 heavy (non-hydrogen) atoms. The summed E-state index contributed by atoms with van der Waals surface area (Å²) in [4.78, 5) is 11.4. The molecule has 0 atom stereocenters. The molecule has 1 aliphatic rings. The van der Waals surface area contributed by atoms with Crippen molar-refractivity contribution in [2.75, 3.05) is 20.2 Å². The minimum Gasteiger partial charge on any atom is -0.381 e. The van der Waals surface area contributed by atoms with Gasteiger partial charge >= 0.3 is 0 Å². The van der Waals surface area contributed by atoms with E-state index in [1.165, 1.54) is 0 Å². The van der Waals surface area contributed by atoms with Crippen molar-refractivity contribution in [3.63, 3.8) is 0 Å². The van der Waals surface area contributed by atoms with Crippen molar-refractivity contribution in [2.24, 2.45) is 0 Å². The second kappa shape index (κ2) is 8.48. The third-order valence-electron chi connectivity index (χ3n) is 3.36. The zero-order valence-electron chi connectivity index (χ0n) is 11.1. The molecule has 0 bridgehead atoms. The van der Waals surface area contributed by atoms with Crippen LogP contribution in [0.15, 0.2) is 0 Å². The van der Waals surface area contributed by atoms with E-state index in [1.807, 2.05) is 0 Å². The maximum atomic E-state index is 11.4. The van der Waals surface area contributed by atoms with E-state index in [-0.39, 0.29) is 5.91 Å². The minimum atomic E-state index is 0.157. The summed E-state index contributed by atoms with van der Waals surface area (Å²) in [5, 5.41) is 6.34. The maximum Gasteiger partial charge on any atom is 0.221 e. The lowest BCUT2D eigenvalue weighted by Crippen LogP contribution is -2.37. The van der Waals surface area contributed by atoms with Gasteiger partial charge in [0, 0.05) is 32.7 Å². The first-order valence-electron chi connectivity index (χ1n) is 6.79. The van der Waals surface area contributed by atoms with Crippen LogP contribution in [0.5, 0.6) is 0 Å². The average Bonchev–Trinajstić information content (AvgIpc) is 2.37. The molecule has 100 valence electrons. The summed E-state index contributed by atoms with van der Waals surface area (Å²) in [7, 11) is 1.79. The molecule has 4 nitrogen and oxygen atoms in total. The van der Waals surface area contributed by atoms with Crippen molar-refractivity contribution in [1.29, 1.82) is 0 Å². The van der Waals surface area contributed by atoms with Gasteiger partial charge in [-0.15, -0.1) is 0 Å². The first kappa shape index (κ1) is 14.5. The second-order valence-electron chi connectivity index (χ2n) is 4.76. The predicted octanol–water partition coefficient (Wildman–Crippen LogP) is 1.45. The molecule has 0 aromatic rings. The Kier molecular flexibility index (Phi) is 7.21. The molecule has 1 fully saturated rings. The highest BCUT2D eigenvalue weighted by atomic mass is 16.5. The van der Waals surface area contributed by atoms with E-state index in [9.17, 15) is 4.79 Å². The third kappa shape index (κ3) is 6.03. The molecule has 0 aliphatic heterocycles. The van der Waals surface area contributed by atoms with Gasteiger partial charge in [0.1, 0.15) is 0 Å². The van der Waals surface area contributed by atoms with Gasteiger partial charge in [-0.1, -0.05) is 6.92 Å². The monoisotopic (exact) mass is 242 g/mol. The van der Waals surface area contributed by atoms with Gasteiger partial charge in [-0.3, -0.25) is 4.79 Å². The molecule has 0 saturated heterocycles. The molecule has 0 aromatic carbocycles. The highest BCUT2D eigenvalue weighted by molar-refractivity contribution is 5.75. The van der Waals surface area contributed by atoms with Crippen LogP contribution in [-0.2, 0) is 9.53 Å². The number of methoxy groups -OCH3 is 1. The van der Waals surface area contributed by atoms with Crippen LogP contribution >= 0.6 is 0 Å². The van der Waals surface area contributed by atoms with Crippen LogP contribution in [0.4, 0.5) is 0 Å². The molecule has 1 aliphatic carbocycles. The molecule has 0 unspecified atom stereocenters. The Morgan fingerprint density at radius 3 is 2.53 bits per heavy atom. The van der Waals surface area contributed by atoms with Crippen molar-refractivity contribution in [1.82, 2.24) is 10.6 Å². The normalized spacial score (nSPS) is 24.6. The van der Waals surface area contributed by atoms with E-state index in [2.05, 4.69) is 17.6 Å². The molecule has 1 amide bonds. The highest BCUT2D eigenvalue weighted by Crippen LogP contribution is 2.20. The van der Waals surface area contributed by atoms with Gasteiger partial charge in [0.15, 0.2) is 0 Å². The number of hydrogen-bond donors (Lipinski definition) is 2. The number of amides is 1. The van der Waals surface area contributed by atoms with Gasteiger partial charge in [0.05, 0.1) is 6.10 Å². The summed E-state index contributed by atoms with van der Waals surface area (Å²) in [6.07, 6.45) is 6.63. The van der Waals surface area contributed by atoms with Crippen LogP contribution in [0.1, 0.15) is 45.4 Å². The number of carbonyl (C=O) groups is 1. The molecule has 0 heterocycles. The molecular formula is C13H26N2O2. The summed E-state index contributed by atoms with van der Waals surface area (Å²) in [5.74, 6) is 0.157. The quantitative estimate of drug-likeness (QED) is 0.710. The first-order valence-corrected chi connectivity index (χ1v) is 6.79. The number of ether oxygens (including phenoxy) is 1. The fourth-order valence-corrected chi connectivity index (χ4v) is 2.25. The highest BCUT2D eigenvalue weighted by Gasteiger charge is 2.20. The van der Waals surface area contributed by atoms with Crippen LogP contribution in [-0.4, -0.2) is 38.3 Å². The molecule has 1 rings (SSSR count). The van der Waals surface area contributed by atoms with Crippen molar-refractivity contribution in [2.45, 2.75) is 57.6 Å². The summed E-state index contributed by atoms with van der Waals surface area (Å²) < 4.78 is 5.33. The molecule has 1 saturated carbocycles. The fourth-order valence-electron chi connectivity index (χ4n) is 2.25. The third-order valence-corrected chi connectivity index (χ3v) is 3.36. The van der Waals surface area contributed by atoms with Crippen LogP contribution in [0.25, 0.3) is 0 Å². The van der Waals surface area contributed by atoms with Gasteiger partial charge < -0.3 is 15.4 Å². The van der Waals surface area contributed by atoms with Crippen molar-refractivity contribution in [3.05, 3.63) is 0 Å². The SMILES string of the molecule is CCCNC(=O)CCNC1CCC(OC)CC1. The zero-order valence-corrected chi connectivity index (χ0v) is 11.1. The zero-order chi connectivity index (χ0) is 12.5. The Bertz CT molecular complexity index is 213. The average molecular weight is 242 g/mol. The number of rotatable bonds is 7. The van der Waals surface area contributed by atoms with E-state index in [4.69, 9.17) is 4.74 Å². The van der Waals surface area contributed by atoms with Crippen molar-refractivity contribution < 1.29 is 9.53 Å². The van der Waals surface area contributed by atoms with E-state index in [0.717, 1.165) is 45.2 Å². The first-order chi connectivity index (χ1) is 8.26. The van der Waals surface area contributed by atoms with Crippen LogP contribution in [0, 0.1) is 0 Å². The number of carbonyl (C=O) groups excluding carboxylic acids is 1. The molecule has 4 heteroatoms. The number of hydrogen-bond acceptors (Lipinski definition) is 3. The Morgan fingerprint density at radius 1 is 1.24 bits per heavy atom. The predicted molar refractivity (Wildman–Crippen MR) is 69.0 cm³/mol. The summed E-state index contributed by atoms with van der Waals surface area (Å²) in [6, 6.07) is 0.570. The summed E-state index contributed by atoms with van der Waals surface area (Å²) in [6.45, 7) is 3.64. The molecule has 0 aromatic heterocycles. The minimum absolute atomic E-state index is 0.157. The largest absolute Gasteiger partial charge is 0.381 e. The Balaban J connectivity index is 2.01. The van der Waals surface area contributed by atoms with Crippen molar-refractivity contribution in [3.8, 4) is 0 Å². The van der Waals surface area contributed by atoms with E-state index in [0.29, 0.717) is 18.6 Å². The Hall–Kier alpha value is -0.610. The lowest BCUT2D eigenvalue weighted by molar-refractivity contribution is -0.121. The van der Waals surface area contributed by atoms with Crippen LogP contribution < -0.4 is 10.6 Å². The van der Waals surface area contributed by atoms with Gasteiger partial charge in [0.2, 0.25) is 5.91 Å². The van der Waals surface area contributed by atoms with Gasteiger partial charge in [0.25, 0.3) is 0 Å². The summed E-state index contributed by atoms with van der Waals surface area (Å²) in [5.41, 5.74) is 0. The Morgan fingerprint density at radius 2 is 1.94 bits per heavy atom. The van der Waals surface area contributed by atoms with Crippen molar-refractivity contribution >= 4 is 5.91 Å². The summed E-state index contributed by atoms with van der Waals surface area (Å²) >= 11 is 0. The standard InChI is InChI=1S/C13H26N2O2/c1-3-9-15-13(16)8-10-14-11-4-6-12(17-2)7-5-11/h11-12,14H,3-10H2,1-2H3,(H,15,16). The van der Waals surface area contributed by atoms with Crippen LogP contribution in [0.2, 0.25) is 0 Å². The molecule has 0 radical (unpaired) electrons. The molecule has 2 N–H and O–H groups in total. The topological polar surface area (TPSA) is 50.4 Å². The molecule has 0 spiro atoms. The van der Waals surface area contributed by atoms with Gasteiger partial charge in [-0.2, -0.15) is 0 Å². The Labute approximate surface area is 104 Å². The van der Waals surface area contributed by atoms with E-state index < -0.39 is 0 Å². The van der Waals surface area contributed by atoms with E-state index >= 15 is 0 Å². The molecular weight excluding hydrogens is 216 g/mol.